The number of aromatic nitrogens is 3. The van der Waals surface area contributed by atoms with Gasteiger partial charge in [-0.2, -0.15) is 0 Å². The van der Waals surface area contributed by atoms with Crippen LogP contribution in [0.4, 0.5) is 11.6 Å². The standard InChI is InChI=1S/C24H24N6OS2/c1-14-15(2)33-22(20(14)21(25)18-9-11-19(12-10-18)27-16(3)31)30-23(28-29-24(30)32)26-13-17-7-5-4-6-8-17/h4-12,25H,13H2,1-3H3,(H,26,28)(H,27,31)(H,29,32). The number of nitrogens with one attached hydrogen (secondary N) is 4. The van der Waals surface area contributed by atoms with Crippen molar-refractivity contribution >= 4 is 46.8 Å². The van der Waals surface area contributed by atoms with Crippen molar-refractivity contribution in [2.24, 2.45) is 0 Å². The molecule has 0 aliphatic carbocycles. The molecule has 4 aromatic rings. The molecule has 168 valence electrons. The molecule has 2 heterocycles. The minimum absolute atomic E-state index is 0.130. The van der Waals surface area contributed by atoms with E-state index in [4.69, 9.17) is 17.6 Å². The minimum atomic E-state index is -0.130. The molecule has 7 nitrogen and oxygen atoms in total. The number of hydrogen-bond acceptors (Lipinski definition) is 6. The van der Waals surface area contributed by atoms with Crippen molar-refractivity contribution in [1.29, 1.82) is 5.41 Å². The fourth-order valence-corrected chi connectivity index (χ4v) is 4.96. The van der Waals surface area contributed by atoms with Gasteiger partial charge in [0.05, 0.1) is 5.71 Å². The molecule has 0 aliphatic rings. The number of aromatic amines is 1. The van der Waals surface area contributed by atoms with Crippen molar-refractivity contribution in [2.45, 2.75) is 27.3 Å². The maximum absolute atomic E-state index is 11.3. The summed E-state index contributed by atoms with van der Waals surface area (Å²) in [5, 5.41) is 23.2. The molecule has 9 heteroatoms. The van der Waals surface area contributed by atoms with Gasteiger partial charge in [0.2, 0.25) is 16.6 Å². The first-order valence-electron chi connectivity index (χ1n) is 10.4. The van der Waals surface area contributed by atoms with Gasteiger partial charge in [0.25, 0.3) is 0 Å². The van der Waals surface area contributed by atoms with Gasteiger partial charge in [0.1, 0.15) is 5.00 Å². The number of nitrogens with zero attached hydrogens (tertiary/aromatic N) is 2. The lowest BCUT2D eigenvalue weighted by atomic mass is 10.00. The van der Waals surface area contributed by atoms with E-state index < -0.39 is 0 Å². The van der Waals surface area contributed by atoms with Crippen LogP contribution in [-0.2, 0) is 11.3 Å². The van der Waals surface area contributed by atoms with Gasteiger partial charge in [-0.25, -0.2) is 9.67 Å². The zero-order chi connectivity index (χ0) is 23.5. The number of H-pyrrole nitrogens is 1. The second kappa shape index (κ2) is 9.51. The molecule has 0 saturated carbocycles. The number of hydrogen-bond donors (Lipinski definition) is 4. The Morgan fingerprint density at radius 2 is 1.85 bits per heavy atom. The molecule has 33 heavy (non-hydrogen) atoms. The smallest absolute Gasteiger partial charge is 0.228 e. The Morgan fingerprint density at radius 1 is 1.15 bits per heavy atom. The normalized spacial score (nSPS) is 10.8. The van der Waals surface area contributed by atoms with Crippen molar-refractivity contribution in [3.05, 3.63) is 86.5 Å². The monoisotopic (exact) mass is 476 g/mol. The average Bonchev–Trinajstić information content (AvgIpc) is 3.31. The Bertz CT molecular complexity index is 1370. The highest BCUT2D eigenvalue weighted by Crippen LogP contribution is 2.34. The number of benzene rings is 2. The second-order valence-electron chi connectivity index (χ2n) is 7.62. The van der Waals surface area contributed by atoms with Crippen LogP contribution in [0.5, 0.6) is 0 Å². The van der Waals surface area contributed by atoms with Crippen LogP contribution in [0.25, 0.3) is 5.00 Å². The molecular weight excluding hydrogens is 452 g/mol. The third-order valence-electron chi connectivity index (χ3n) is 5.28. The van der Waals surface area contributed by atoms with E-state index >= 15 is 0 Å². The molecule has 0 aliphatic heterocycles. The number of aryl methyl sites for hydroxylation is 1. The Labute approximate surface area is 201 Å². The van der Waals surface area contributed by atoms with Crippen molar-refractivity contribution < 1.29 is 4.79 Å². The van der Waals surface area contributed by atoms with Gasteiger partial charge in [0.15, 0.2) is 0 Å². The largest absolute Gasteiger partial charge is 0.350 e. The highest BCUT2D eigenvalue weighted by Gasteiger charge is 2.22. The molecular formula is C24H24N6OS2. The van der Waals surface area contributed by atoms with Crippen molar-refractivity contribution in [1.82, 2.24) is 14.8 Å². The summed E-state index contributed by atoms with van der Waals surface area (Å²) in [6.07, 6.45) is 0. The lowest BCUT2D eigenvalue weighted by Gasteiger charge is -2.12. The van der Waals surface area contributed by atoms with E-state index in [2.05, 4.69) is 20.8 Å². The molecule has 1 amide bonds. The molecule has 0 atom stereocenters. The molecule has 4 rings (SSSR count). The summed E-state index contributed by atoms with van der Waals surface area (Å²) in [6.45, 7) is 6.13. The highest BCUT2D eigenvalue weighted by molar-refractivity contribution is 7.71. The lowest BCUT2D eigenvalue weighted by Crippen LogP contribution is -2.10. The molecule has 0 spiro atoms. The molecule has 0 bridgehead atoms. The number of carbonyl (C=O) groups excluding carboxylic acids is 1. The summed E-state index contributed by atoms with van der Waals surface area (Å²) in [7, 11) is 0. The maximum atomic E-state index is 11.3. The van der Waals surface area contributed by atoms with Crippen LogP contribution in [0.2, 0.25) is 0 Å². The number of rotatable bonds is 7. The Balaban J connectivity index is 1.70. The Hall–Kier alpha value is -3.56. The maximum Gasteiger partial charge on any atom is 0.228 e. The van der Waals surface area contributed by atoms with E-state index in [1.165, 1.54) is 6.92 Å². The van der Waals surface area contributed by atoms with E-state index in [-0.39, 0.29) is 5.91 Å². The first kappa shape index (κ1) is 22.6. The number of thiophene rings is 1. The van der Waals surface area contributed by atoms with E-state index in [9.17, 15) is 4.79 Å². The Morgan fingerprint density at radius 3 is 2.52 bits per heavy atom. The summed E-state index contributed by atoms with van der Waals surface area (Å²) in [5.74, 6) is 0.467. The first-order chi connectivity index (χ1) is 15.8. The molecule has 2 aromatic carbocycles. The number of carbonyl (C=O) groups is 1. The summed E-state index contributed by atoms with van der Waals surface area (Å²) in [5.41, 5.74) is 4.80. The van der Waals surface area contributed by atoms with Crippen LogP contribution in [0.3, 0.4) is 0 Å². The highest BCUT2D eigenvalue weighted by atomic mass is 32.1. The van der Waals surface area contributed by atoms with Crippen LogP contribution >= 0.6 is 23.6 Å². The minimum Gasteiger partial charge on any atom is -0.350 e. The van der Waals surface area contributed by atoms with Gasteiger partial charge in [0, 0.05) is 35.2 Å². The zero-order valence-electron chi connectivity index (χ0n) is 18.5. The van der Waals surface area contributed by atoms with E-state index in [1.807, 2.05) is 60.9 Å². The van der Waals surface area contributed by atoms with Crippen molar-refractivity contribution in [3.63, 3.8) is 0 Å². The summed E-state index contributed by atoms with van der Waals surface area (Å²) in [4.78, 5) is 12.4. The SMILES string of the molecule is CC(=O)Nc1ccc(C(=N)c2c(-n3c(NCc4ccccc4)n[nH]c3=S)sc(C)c2C)cc1. The molecule has 0 radical (unpaired) electrons. The van der Waals surface area contributed by atoms with Crippen LogP contribution in [0, 0.1) is 24.0 Å². The van der Waals surface area contributed by atoms with Gasteiger partial charge < -0.3 is 10.6 Å². The van der Waals surface area contributed by atoms with Crippen LogP contribution in [0.15, 0.2) is 54.6 Å². The summed E-state index contributed by atoms with van der Waals surface area (Å²) < 4.78 is 2.32. The third kappa shape index (κ3) is 4.79. The van der Waals surface area contributed by atoms with Crippen LogP contribution in [0.1, 0.15) is 34.1 Å². The second-order valence-corrected chi connectivity index (χ2v) is 9.21. The van der Waals surface area contributed by atoms with Gasteiger partial charge >= 0.3 is 0 Å². The van der Waals surface area contributed by atoms with Gasteiger partial charge in [-0.1, -0.05) is 42.5 Å². The molecule has 0 unspecified atom stereocenters. The van der Waals surface area contributed by atoms with Gasteiger partial charge in [-0.3, -0.25) is 10.2 Å². The van der Waals surface area contributed by atoms with Crippen molar-refractivity contribution in [2.75, 3.05) is 10.6 Å². The topological polar surface area (TPSA) is 98.6 Å². The van der Waals surface area contributed by atoms with Crippen LogP contribution in [-0.4, -0.2) is 26.4 Å². The third-order valence-corrected chi connectivity index (χ3v) is 6.75. The molecule has 0 saturated heterocycles. The molecule has 4 N–H and O–H groups in total. The Kier molecular flexibility index (Phi) is 6.52. The zero-order valence-corrected chi connectivity index (χ0v) is 20.2. The van der Waals surface area contributed by atoms with Crippen LogP contribution < -0.4 is 10.6 Å². The fraction of sp³-hybridized carbons (Fsp3) is 0.167. The number of anilines is 2. The number of amides is 1. The van der Waals surface area contributed by atoms with E-state index in [1.54, 1.807) is 23.5 Å². The van der Waals surface area contributed by atoms with Gasteiger partial charge in [-0.05, 0) is 49.3 Å². The first-order valence-corrected chi connectivity index (χ1v) is 11.6. The van der Waals surface area contributed by atoms with E-state index in [0.29, 0.717) is 28.7 Å². The van der Waals surface area contributed by atoms with E-state index in [0.717, 1.165) is 32.1 Å². The lowest BCUT2D eigenvalue weighted by molar-refractivity contribution is -0.114. The van der Waals surface area contributed by atoms with Gasteiger partial charge in [-0.15, -0.1) is 16.4 Å². The quantitative estimate of drug-likeness (QED) is 0.206. The molecule has 2 aromatic heterocycles. The summed E-state index contributed by atoms with van der Waals surface area (Å²) >= 11 is 7.14. The predicted octanol–water partition coefficient (Wildman–Crippen LogP) is 5.59. The summed E-state index contributed by atoms with van der Waals surface area (Å²) in [6, 6.07) is 17.4. The average molecular weight is 477 g/mol. The molecule has 0 fully saturated rings. The van der Waals surface area contributed by atoms with Crippen molar-refractivity contribution in [3.8, 4) is 5.00 Å². The predicted molar refractivity (Wildman–Crippen MR) is 137 cm³/mol. The fourth-order valence-electron chi connectivity index (χ4n) is 3.51.